The first-order valence-corrected chi connectivity index (χ1v) is 19.2. The molecule has 5 aromatic rings. The van der Waals surface area contributed by atoms with Gasteiger partial charge < -0.3 is 38.7 Å². The van der Waals surface area contributed by atoms with Crippen LogP contribution in [0, 0.1) is 11.8 Å². The number of nitrogens with zero attached hydrogens (tertiary/aromatic N) is 4. The van der Waals surface area contributed by atoms with Crippen molar-refractivity contribution in [2.75, 3.05) is 27.3 Å². The molecule has 2 N–H and O–H groups in total. The molecule has 56 heavy (non-hydrogen) atoms. The van der Waals surface area contributed by atoms with Gasteiger partial charge in [0.1, 0.15) is 35.2 Å². The van der Waals surface area contributed by atoms with E-state index in [1.807, 2.05) is 64.1 Å². The summed E-state index contributed by atoms with van der Waals surface area (Å²) in [6.45, 7) is 8.64. The number of aromatic nitrogens is 2. The van der Waals surface area contributed by atoms with Crippen LogP contribution in [0.15, 0.2) is 69.5 Å². The van der Waals surface area contributed by atoms with Crippen molar-refractivity contribution in [3.8, 4) is 22.3 Å². The number of benzene rings is 3. The van der Waals surface area contributed by atoms with Crippen LogP contribution >= 0.6 is 0 Å². The number of carbonyl (C=O) groups excluding carboxylic acids is 4. The summed E-state index contributed by atoms with van der Waals surface area (Å²) >= 11 is 0. The first-order chi connectivity index (χ1) is 26.9. The Balaban J connectivity index is 1.06. The van der Waals surface area contributed by atoms with Crippen LogP contribution in [0.4, 0.5) is 9.59 Å². The van der Waals surface area contributed by atoms with Gasteiger partial charge in [-0.2, -0.15) is 0 Å². The zero-order valence-corrected chi connectivity index (χ0v) is 32.5. The van der Waals surface area contributed by atoms with Crippen LogP contribution in [-0.4, -0.2) is 83.2 Å². The molecule has 2 aromatic heterocycles. The molecule has 0 aliphatic carbocycles. The topological polar surface area (TPSA) is 169 Å². The Labute approximate surface area is 324 Å². The minimum atomic E-state index is -0.723. The lowest BCUT2D eigenvalue weighted by Gasteiger charge is -2.29. The zero-order chi connectivity index (χ0) is 39.7. The van der Waals surface area contributed by atoms with Crippen LogP contribution in [0.25, 0.3) is 44.5 Å². The number of oxazole rings is 2. The second-order valence-corrected chi connectivity index (χ2v) is 15.1. The third-order valence-corrected chi connectivity index (χ3v) is 10.8. The average Bonchev–Trinajstić information content (AvgIpc) is 4.03. The van der Waals surface area contributed by atoms with Gasteiger partial charge in [-0.25, -0.2) is 19.6 Å². The van der Waals surface area contributed by atoms with Crippen molar-refractivity contribution in [1.82, 2.24) is 30.4 Å². The molecule has 4 atom stereocenters. The smallest absolute Gasteiger partial charge is 0.407 e. The van der Waals surface area contributed by atoms with Crippen molar-refractivity contribution < 1.29 is 37.5 Å². The average molecular weight is 765 g/mol. The fourth-order valence-corrected chi connectivity index (χ4v) is 7.72. The van der Waals surface area contributed by atoms with Crippen molar-refractivity contribution in [3.63, 3.8) is 0 Å². The fourth-order valence-electron chi connectivity index (χ4n) is 7.72. The van der Waals surface area contributed by atoms with Crippen LogP contribution in [0.1, 0.15) is 77.2 Å². The summed E-state index contributed by atoms with van der Waals surface area (Å²) in [5.74, 6) is 0.330. The molecule has 14 nitrogen and oxygen atoms in total. The Morgan fingerprint density at radius 2 is 1.07 bits per heavy atom. The maximum Gasteiger partial charge on any atom is 0.407 e. The first kappa shape index (κ1) is 38.4. The van der Waals surface area contributed by atoms with E-state index in [-0.39, 0.29) is 35.7 Å². The summed E-state index contributed by atoms with van der Waals surface area (Å²) in [5.41, 5.74) is 6.59. The molecule has 4 heterocycles. The summed E-state index contributed by atoms with van der Waals surface area (Å²) in [7, 11) is 2.56. The fraction of sp³-hybridized carbons (Fsp3) is 0.429. The number of fused-ring (bicyclic) bond motifs is 2. The monoisotopic (exact) mass is 764 g/mol. The summed E-state index contributed by atoms with van der Waals surface area (Å²) < 4.78 is 22.0. The Hall–Kier alpha value is -5.92. The second kappa shape index (κ2) is 16.0. The summed E-state index contributed by atoms with van der Waals surface area (Å²) in [5, 5.41) is 5.36. The largest absolute Gasteiger partial charge is 0.453 e. The van der Waals surface area contributed by atoms with E-state index in [2.05, 4.69) is 34.9 Å². The van der Waals surface area contributed by atoms with Gasteiger partial charge in [-0.15, -0.1) is 0 Å². The van der Waals surface area contributed by atoms with E-state index in [1.165, 1.54) is 14.2 Å². The Morgan fingerprint density at radius 1 is 0.625 bits per heavy atom. The van der Waals surface area contributed by atoms with Gasteiger partial charge in [-0.05, 0) is 84.0 Å². The molecular formula is C42H48N6O8. The van der Waals surface area contributed by atoms with E-state index in [9.17, 15) is 19.2 Å². The van der Waals surface area contributed by atoms with Crippen molar-refractivity contribution in [2.24, 2.45) is 11.8 Å². The summed E-state index contributed by atoms with van der Waals surface area (Å²) in [6.07, 6.45) is 1.75. The molecule has 14 heteroatoms. The normalized spacial score (nSPS) is 18.1. The number of carbonyl (C=O) groups is 4. The van der Waals surface area contributed by atoms with E-state index in [4.69, 9.17) is 28.3 Å². The van der Waals surface area contributed by atoms with Crippen LogP contribution in [0.3, 0.4) is 0 Å². The molecule has 2 aliphatic heterocycles. The lowest BCUT2D eigenvalue weighted by atomic mass is 10.00. The maximum atomic E-state index is 13.6. The highest BCUT2D eigenvalue weighted by Gasteiger charge is 2.40. The molecule has 0 saturated carbocycles. The number of methoxy groups -OCH3 is 2. The van der Waals surface area contributed by atoms with Gasteiger partial charge in [0.05, 0.1) is 14.2 Å². The minimum absolute atomic E-state index is 0.132. The van der Waals surface area contributed by atoms with Crippen LogP contribution < -0.4 is 10.6 Å². The number of hydrogen-bond acceptors (Lipinski definition) is 10. The number of ether oxygens (including phenoxy) is 2. The van der Waals surface area contributed by atoms with Gasteiger partial charge in [0.2, 0.25) is 23.6 Å². The highest BCUT2D eigenvalue weighted by atomic mass is 16.5. The first-order valence-electron chi connectivity index (χ1n) is 19.2. The molecule has 0 spiro atoms. The SMILES string of the molecule is COC(=O)NC(C(=O)N1CCCC1c1nc2cc(-c3ccc(-c4ccc5nc(C6CCCN6C(=O)C(NC(=O)OC)C(C)C)oc5c4)cc3)ccc2o1)C(C)C. The Kier molecular flexibility index (Phi) is 11.0. The van der Waals surface area contributed by atoms with Gasteiger partial charge in [0.15, 0.2) is 11.2 Å². The number of alkyl carbamates (subject to hydrolysis) is 2. The molecular weight excluding hydrogens is 716 g/mol. The highest BCUT2D eigenvalue weighted by Crippen LogP contribution is 2.37. The predicted octanol–water partition coefficient (Wildman–Crippen LogP) is 7.39. The van der Waals surface area contributed by atoms with Crippen molar-refractivity contribution >= 4 is 46.2 Å². The predicted molar refractivity (Wildman–Crippen MR) is 208 cm³/mol. The van der Waals surface area contributed by atoms with Crippen LogP contribution in [0.5, 0.6) is 0 Å². The molecule has 2 fully saturated rings. The molecule has 0 bridgehead atoms. The van der Waals surface area contributed by atoms with Gasteiger partial charge in [-0.1, -0.05) is 64.1 Å². The minimum Gasteiger partial charge on any atom is -0.453 e. The standard InChI is InChI=1S/C42H48N6O8/c1-23(2)35(45-41(51)53-5)39(49)47-19-7-9-31(47)37-43-29-17-15-28(22-34(29)56-37)26-13-11-25(12-14-26)27-16-18-33-30(21-27)44-38(55-33)32-10-8-20-48(32)40(50)36(24(3)4)46-42(52)54-6/h11-18,21-24,31-32,35-36H,7-10,19-20H2,1-6H3,(H,45,51)(H,46,52). The molecule has 7 rings (SSSR count). The van der Waals surface area contributed by atoms with E-state index < -0.39 is 24.3 Å². The van der Waals surface area contributed by atoms with Crippen LogP contribution in [-0.2, 0) is 19.1 Å². The summed E-state index contributed by atoms with van der Waals surface area (Å²) in [4.78, 5) is 64.2. The van der Waals surface area contributed by atoms with E-state index in [1.54, 1.807) is 9.80 Å². The second-order valence-electron chi connectivity index (χ2n) is 15.1. The Bertz CT molecular complexity index is 2090. The van der Waals surface area contributed by atoms with Gasteiger partial charge in [-0.3, -0.25) is 9.59 Å². The van der Waals surface area contributed by atoms with Crippen molar-refractivity contribution in [3.05, 3.63) is 72.4 Å². The summed E-state index contributed by atoms with van der Waals surface area (Å²) in [6, 6.07) is 17.9. The van der Waals surface area contributed by atoms with Crippen molar-refractivity contribution in [2.45, 2.75) is 77.5 Å². The third-order valence-electron chi connectivity index (χ3n) is 10.8. The maximum absolute atomic E-state index is 13.6. The van der Waals surface area contributed by atoms with Gasteiger partial charge >= 0.3 is 12.2 Å². The van der Waals surface area contributed by atoms with E-state index in [0.717, 1.165) is 35.1 Å². The van der Waals surface area contributed by atoms with Gasteiger partial charge in [0, 0.05) is 13.1 Å². The molecule has 2 saturated heterocycles. The Morgan fingerprint density at radius 3 is 1.57 bits per heavy atom. The number of hydrogen-bond donors (Lipinski definition) is 2. The number of amides is 4. The molecule has 4 unspecified atom stereocenters. The quantitative estimate of drug-likeness (QED) is 0.146. The van der Waals surface area contributed by atoms with E-state index >= 15 is 0 Å². The molecule has 4 amide bonds. The third kappa shape index (κ3) is 7.64. The zero-order valence-electron chi connectivity index (χ0n) is 32.5. The number of nitrogens with one attached hydrogen (secondary N) is 2. The van der Waals surface area contributed by atoms with Gasteiger partial charge in [0.25, 0.3) is 0 Å². The highest BCUT2D eigenvalue weighted by molar-refractivity contribution is 5.88. The molecule has 3 aromatic carbocycles. The molecule has 2 aliphatic rings. The molecule has 294 valence electrons. The number of likely N-dealkylation sites (tertiary alicyclic amines) is 2. The molecule has 0 radical (unpaired) electrons. The lowest BCUT2D eigenvalue weighted by molar-refractivity contribution is -0.136. The van der Waals surface area contributed by atoms with Crippen molar-refractivity contribution in [1.29, 1.82) is 0 Å². The number of rotatable bonds is 10. The van der Waals surface area contributed by atoms with Crippen LogP contribution in [0.2, 0.25) is 0 Å². The van der Waals surface area contributed by atoms with E-state index in [0.29, 0.717) is 59.9 Å². The lowest BCUT2D eigenvalue weighted by Crippen LogP contribution is -2.51.